The van der Waals surface area contributed by atoms with Crippen LogP contribution in [0, 0.1) is 11.3 Å². The Morgan fingerprint density at radius 3 is 2.90 bits per heavy atom. The van der Waals surface area contributed by atoms with E-state index in [1.807, 2.05) is 48.8 Å². The van der Waals surface area contributed by atoms with Crippen molar-refractivity contribution >= 4 is 28.7 Å². The summed E-state index contributed by atoms with van der Waals surface area (Å²) in [4.78, 5) is 17.2. The van der Waals surface area contributed by atoms with E-state index in [-0.39, 0.29) is 0 Å². The van der Waals surface area contributed by atoms with Crippen LogP contribution in [0.1, 0.15) is 18.4 Å². The molecular weight excluding hydrogens is 394 g/mol. The molecule has 0 radical (unpaired) electrons. The summed E-state index contributed by atoms with van der Waals surface area (Å²) in [5.41, 5.74) is 4.42. The van der Waals surface area contributed by atoms with Gasteiger partial charge in [0.1, 0.15) is 12.0 Å². The summed E-state index contributed by atoms with van der Waals surface area (Å²) in [7, 11) is 0. The number of rotatable bonds is 6. The molecule has 0 unspecified atom stereocenters. The molecule has 1 aliphatic rings. The minimum atomic E-state index is 0.370. The molecule has 0 saturated heterocycles. The predicted octanol–water partition coefficient (Wildman–Crippen LogP) is 4.13. The molecule has 0 amide bonds. The highest BCUT2D eigenvalue weighted by Crippen LogP contribution is 2.36. The zero-order valence-corrected chi connectivity index (χ0v) is 16.9. The quantitative estimate of drug-likeness (QED) is 0.408. The maximum atomic E-state index is 9.03. The Morgan fingerprint density at radius 1 is 1.13 bits per heavy atom. The van der Waals surface area contributed by atoms with Gasteiger partial charge in [0.25, 0.3) is 0 Å². The summed E-state index contributed by atoms with van der Waals surface area (Å²) >= 11 is 1.59. The number of nitriles is 1. The third-order valence-corrected chi connectivity index (χ3v) is 6.18. The van der Waals surface area contributed by atoms with E-state index >= 15 is 0 Å². The summed E-state index contributed by atoms with van der Waals surface area (Å²) in [5, 5.41) is 13.8. The zero-order valence-electron chi connectivity index (χ0n) is 16.0. The molecule has 1 aliphatic carbocycles. The Morgan fingerprint density at radius 2 is 2.07 bits per heavy atom. The van der Waals surface area contributed by atoms with Gasteiger partial charge in [-0.2, -0.15) is 5.26 Å². The second kappa shape index (κ2) is 8.14. The van der Waals surface area contributed by atoms with Crippen LogP contribution in [0.15, 0.2) is 66.2 Å². The number of pyridine rings is 1. The van der Waals surface area contributed by atoms with E-state index in [1.165, 1.54) is 0 Å². The third-order valence-electron chi connectivity index (χ3n) is 5.24. The molecule has 0 atom stereocenters. The summed E-state index contributed by atoms with van der Waals surface area (Å²) in [6.45, 7) is 0. The Labute approximate surface area is 178 Å². The lowest BCUT2D eigenvalue weighted by molar-refractivity contribution is 0.355. The zero-order chi connectivity index (χ0) is 20.3. The van der Waals surface area contributed by atoms with Crippen molar-refractivity contribution < 1.29 is 0 Å². The van der Waals surface area contributed by atoms with Crippen molar-refractivity contribution in [1.29, 1.82) is 5.26 Å². The Bertz CT molecular complexity index is 1210. The lowest BCUT2D eigenvalue weighted by Crippen LogP contribution is -2.45. The maximum Gasteiger partial charge on any atom is 0.139 e. The highest BCUT2D eigenvalue weighted by molar-refractivity contribution is 7.97. The fraction of sp³-hybridized carbons (Fsp3) is 0.182. The minimum absolute atomic E-state index is 0.370. The lowest BCUT2D eigenvalue weighted by atomic mass is 9.87. The molecule has 1 fully saturated rings. The first-order chi connectivity index (χ1) is 14.8. The molecule has 7 nitrogen and oxygen atoms in total. The average Bonchev–Trinajstić information content (AvgIpc) is 3.25. The van der Waals surface area contributed by atoms with Crippen molar-refractivity contribution in [1.82, 2.24) is 24.7 Å². The number of hydrogen-bond donors (Lipinski definition) is 3. The monoisotopic (exact) mass is 413 g/mol. The van der Waals surface area contributed by atoms with Gasteiger partial charge in [-0.3, -0.25) is 4.72 Å². The van der Waals surface area contributed by atoms with Crippen molar-refractivity contribution in [2.24, 2.45) is 0 Å². The van der Waals surface area contributed by atoms with Crippen LogP contribution in [-0.4, -0.2) is 32.0 Å². The number of hydrogen-bond acceptors (Lipinski definition) is 7. The molecule has 8 heteroatoms. The summed E-state index contributed by atoms with van der Waals surface area (Å²) in [5.74, 6) is 0. The van der Waals surface area contributed by atoms with Gasteiger partial charge in [-0.25, -0.2) is 15.0 Å². The first kappa shape index (κ1) is 18.6. The lowest BCUT2D eigenvalue weighted by Gasteiger charge is -2.37. The fourth-order valence-corrected chi connectivity index (χ4v) is 4.45. The van der Waals surface area contributed by atoms with Crippen LogP contribution in [0.5, 0.6) is 0 Å². The van der Waals surface area contributed by atoms with E-state index in [0.29, 0.717) is 17.6 Å². The van der Waals surface area contributed by atoms with E-state index in [0.717, 1.165) is 45.7 Å². The molecule has 3 N–H and O–H groups in total. The standard InChI is InChI=1S/C22H19N7S/c23-11-14-2-1-3-17(8-14)30-29-16-9-15(10-16)28-21-18-4-7-25-22(18)26-12-19(21)20-5-6-24-13-27-20/h1-8,12-13,15-16,29H,9-10H2,(H2,25,26,28). The van der Waals surface area contributed by atoms with Crippen LogP contribution < -0.4 is 10.0 Å². The smallest absolute Gasteiger partial charge is 0.139 e. The van der Waals surface area contributed by atoms with Crippen molar-refractivity contribution in [3.05, 3.63) is 66.9 Å². The Hall–Kier alpha value is -3.41. The van der Waals surface area contributed by atoms with Gasteiger partial charge in [0.05, 0.1) is 23.0 Å². The second-order valence-corrected chi connectivity index (χ2v) is 8.16. The van der Waals surface area contributed by atoms with Gasteiger partial charge >= 0.3 is 0 Å². The van der Waals surface area contributed by atoms with Crippen molar-refractivity contribution in [2.75, 3.05) is 5.32 Å². The molecule has 30 heavy (non-hydrogen) atoms. The average molecular weight is 414 g/mol. The van der Waals surface area contributed by atoms with E-state index in [9.17, 15) is 0 Å². The molecule has 1 saturated carbocycles. The number of nitrogens with one attached hydrogen (secondary N) is 3. The molecule has 0 spiro atoms. The second-order valence-electron chi connectivity index (χ2n) is 7.25. The van der Waals surface area contributed by atoms with Crippen LogP contribution in [0.25, 0.3) is 22.3 Å². The van der Waals surface area contributed by atoms with E-state index in [2.05, 4.69) is 36.0 Å². The number of fused-ring (bicyclic) bond motifs is 1. The molecule has 5 rings (SSSR count). The van der Waals surface area contributed by atoms with Crippen molar-refractivity contribution in [3.63, 3.8) is 0 Å². The first-order valence-electron chi connectivity index (χ1n) is 9.71. The van der Waals surface area contributed by atoms with Gasteiger partial charge in [0.2, 0.25) is 0 Å². The molecule has 0 bridgehead atoms. The van der Waals surface area contributed by atoms with Crippen LogP contribution in [-0.2, 0) is 0 Å². The van der Waals surface area contributed by atoms with Crippen LogP contribution >= 0.6 is 11.9 Å². The molecular formula is C22H19N7S. The number of aromatic nitrogens is 4. The number of anilines is 1. The summed E-state index contributed by atoms with van der Waals surface area (Å²) in [6, 6.07) is 14.6. The highest BCUT2D eigenvalue weighted by Gasteiger charge is 2.30. The van der Waals surface area contributed by atoms with Crippen LogP contribution in [0.2, 0.25) is 0 Å². The molecule has 3 aromatic heterocycles. The van der Waals surface area contributed by atoms with Crippen LogP contribution in [0.3, 0.4) is 0 Å². The number of H-pyrrole nitrogens is 1. The Kier molecular flexibility index (Phi) is 5.05. The number of nitrogens with zero attached hydrogens (tertiary/aromatic N) is 4. The number of aromatic amines is 1. The maximum absolute atomic E-state index is 9.03. The normalized spacial score (nSPS) is 18.0. The summed E-state index contributed by atoms with van der Waals surface area (Å²) in [6.07, 6.45) is 9.10. The largest absolute Gasteiger partial charge is 0.381 e. The minimum Gasteiger partial charge on any atom is -0.381 e. The predicted molar refractivity (Wildman–Crippen MR) is 118 cm³/mol. The van der Waals surface area contributed by atoms with Crippen molar-refractivity contribution in [3.8, 4) is 17.3 Å². The molecule has 3 heterocycles. The van der Waals surface area contributed by atoms with Gasteiger partial charge in [-0.15, -0.1) is 0 Å². The molecule has 1 aromatic carbocycles. The third kappa shape index (κ3) is 3.73. The fourth-order valence-electron chi connectivity index (χ4n) is 3.62. The van der Waals surface area contributed by atoms with E-state index < -0.39 is 0 Å². The number of benzene rings is 1. The van der Waals surface area contributed by atoms with Gasteiger partial charge in [-0.1, -0.05) is 6.07 Å². The van der Waals surface area contributed by atoms with Gasteiger partial charge < -0.3 is 10.3 Å². The molecule has 148 valence electrons. The van der Waals surface area contributed by atoms with E-state index in [4.69, 9.17) is 5.26 Å². The highest BCUT2D eigenvalue weighted by atomic mass is 32.2. The van der Waals surface area contributed by atoms with E-state index in [1.54, 1.807) is 24.5 Å². The first-order valence-corrected chi connectivity index (χ1v) is 10.5. The van der Waals surface area contributed by atoms with Crippen LogP contribution in [0.4, 0.5) is 5.69 Å². The molecule has 0 aliphatic heterocycles. The van der Waals surface area contributed by atoms with Gasteiger partial charge in [-0.05, 0) is 55.1 Å². The van der Waals surface area contributed by atoms with Crippen molar-refractivity contribution in [2.45, 2.75) is 29.8 Å². The SMILES string of the molecule is N#Cc1cccc(SNC2CC(Nc3c(-c4ccncn4)cnc4[nH]ccc34)C2)c1. The summed E-state index contributed by atoms with van der Waals surface area (Å²) < 4.78 is 3.51. The van der Waals surface area contributed by atoms with Gasteiger partial charge in [0.15, 0.2) is 0 Å². The Balaban J connectivity index is 1.27. The molecule has 4 aromatic rings. The van der Waals surface area contributed by atoms with Gasteiger partial charge in [0, 0.05) is 46.5 Å². The topological polar surface area (TPSA) is 102 Å².